The van der Waals surface area contributed by atoms with Crippen molar-refractivity contribution in [3.05, 3.63) is 38.4 Å². The van der Waals surface area contributed by atoms with Crippen molar-refractivity contribution < 1.29 is 18.9 Å². The molecule has 24 heavy (non-hydrogen) atoms. The highest BCUT2D eigenvalue weighted by molar-refractivity contribution is 7.90. The monoisotopic (exact) mass is 378 g/mol. The van der Waals surface area contributed by atoms with Gasteiger partial charge in [-0.25, -0.2) is 0 Å². The average Bonchev–Trinajstić information content (AvgIpc) is 2.45. The molecule has 2 unspecified atom stereocenters. The van der Waals surface area contributed by atoms with Gasteiger partial charge in [-0.3, -0.25) is 10.1 Å². The lowest BCUT2D eigenvalue weighted by atomic mass is 10.0. The lowest BCUT2D eigenvalue weighted by molar-refractivity contribution is -0.483. The number of rotatable bonds is 8. The number of hydrogen-bond acceptors (Lipinski definition) is 6. The first kappa shape index (κ1) is 21.0. The van der Waals surface area contributed by atoms with Gasteiger partial charge >= 0.3 is 0 Å². The molecule has 0 spiro atoms. The van der Waals surface area contributed by atoms with Gasteiger partial charge in [0.25, 0.3) is 0 Å². The summed E-state index contributed by atoms with van der Waals surface area (Å²) in [5.74, 6) is 0.406. The van der Waals surface area contributed by atoms with Crippen molar-refractivity contribution in [3.8, 4) is 5.75 Å². The van der Waals surface area contributed by atoms with E-state index >= 15 is 0 Å². The smallest absolute Gasteiger partial charge is 0.227 e. The van der Waals surface area contributed by atoms with Crippen molar-refractivity contribution in [2.24, 2.45) is 0 Å². The number of ether oxygens (including phenoxy) is 2. The highest BCUT2D eigenvalue weighted by Gasteiger charge is 2.33. The Morgan fingerprint density at radius 3 is 2.54 bits per heavy atom. The molecule has 0 amide bonds. The van der Waals surface area contributed by atoms with E-state index in [4.69, 9.17) is 21.1 Å². The third-order valence-corrected chi connectivity index (χ3v) is 5.15. The summed E-state index contributed by atoms with van der Waals surface area (Å²) in [7, 11) is 1.48. The quantitative estimate of drug-likeness (QED) is 0.323. The van der Waals surface area contributed by atoms with Crippen molar-refractivity contribution in [1.29, 1.82) is 0 Å². The van der Waals surface area contributed by atoms with Gasteiger partial charge in [0.1, 0.15) is 16.5 Å². The molecule has 1 aromatic rings. The number of nitro groups is 1. The van der Waals surface area contributed by atoms with Crippen LogP contribution in [0.1, 0.15) is 37.9 Å². The number of aryl methyl sites for hydroxylation is 1. The van der Waals surface area contributed by atoms with Gasteiger partial charge in [0.15, 0.2) is 6.79 Å². The lowest BCUT2D eigenvalue weighted by Crippen LogP contribution is -2.43. The van der Waals surface area contributed by atoms with Crippen molar-refractivity contribution in [2.45, 2.75) is 38.5 Å². The van der Waals surface area contributed by atoms with Crippen LogP contribution >= 0.6 is 11.6 Å². The maximum Gasteiger partial charge on any atom is 0.227 e. The Bertz CT molecular complexity index is 580. The highest BCUT2D eigenvalue weighted by atomic mass is 35.5. The van der Waals surface area contributed by atoms with E-state index in [0.717, 1.165) is 5.56 Å². The molecule has 0 aromatic heterocycles. The maximum atomic E-state index is 12.4. The summed E-state index contributed by atoms with van der Waals surface area (Å²) >= 11 is 4.67. The zero-order valence-electron chi connectivity index (χ0n) is 14.4. The Morgan fingerprint density at radius 1 is 1.42 bits per heavy atom. The van der Waals surface area contributed by atoms with Gasteiger partial charge in [0.05, 0.1) is 0 Å². The molecule has 0 saturated heterocycles. The van der Waals surface area contributed by atoms with E-state index in [1.165, 1.54) is 7.11 Å². The van der Waals surface area contributed by atoms with Crippen LogP contribution in [0.3, 0.4) is 0 Å². The summed E-state index contributed by atoms with van der Waals surface area (Å²) in [5.41, 5.74) is 1.24. The molecular weight excluding hydrogens is 356 g/mol. The van der Waals surface area contributed by atoms with Crippen molar-refractivity contribution in [2.75, 3.05) is 20.4 Å². The second kappa shape index (κ2) is 8.87. The molecule has 7 nitrogen and oxygen atoms in total. The number of nitrogens with zero attached hydrogens (tertiary/aromatic N) is 1. The number of nitrogens with one attached hydrogen (secondary N) is 1. The molecule has 0 saturated carbocycles. The second-order valence-electron chi connectivity index (χ2n) is 6.26. The predicted octanol–water partition coefficient (Wildman–Crippen LogP) is 3.00. The first-order chi connectivity index (χ1) is 11.1. The molecule has 0 aliphatic heterocycles. The van der Waals surface area contributed by atoms with Gasteiger partial charge < -0.3 is 14.0 Å². The summed E-state index contributed by atoms with van der Waals surface area (Å²) < 4.78 is 25.0. The summed E-state index contributed by atoms with van der Waals surface area (Å²) in [6.45, 7) is 6.68. The Labute approximate surface area is 150 Å². The highest BCUT2D eigenvalue weighted by Crippen LogP contribution is 2.32. The molecule has 1 N–H and O–H groups in total. The van der Waals surface area contributed by atoms with Gasteiger partial charge in [-0.2, -0.15) is 0 Å². The molecule has 0 fully saturated rings. The van der Waals surface area contributed by atoms with E-state index < -0.39 is 33.6 Å². The molecular formula is C15H23ClN2O5S. The zero-order valence-corrected chi connectivity index (χ0v) is 16.0. The molecule has 136 valence electrons. The molecule has 9 heteroatoms. The number of halogens is 1. The third-order valence-electron chi connectivity index (χ3n) is 3.14. The minimum Gasteiger partial charge on any atom is -0.598 e. The van der Waals surface area contributed by atoms with Crippen LogP contribution in [0.25, 0.3) is 0 Å². The SMILES string of the molecule is COCOc1cc(C)c(Cl)cc1C(C[N+](=O)[O-])N[S+]([O-])C(C)(C)C. The van der Waals surface area contributed by atoms with Crippen LogP contribution in [0.4, 0.5) is 0 Å². The fraction of sp³-hybridized carbons (Fsp3) is 0.600. The van der Waals surface area contributed by atoms with Gasteiger partial charge in [-0.15, -0.1) is 4.72 Å². The first-order valence-electron chi connectivity index (χ1n) is 7.28. The third kappa shape index (κ3) is 6.10. The minimum absolute atomic E-state index is 0.0123. The van der Waals surface area contributed by atoms with Crippen LogP contribution in [0.15, 0.2) is 12.1 Å². The summed E-state index contributed by atoms with van der Waals surface area (Å²) in [6.07, 6.45) is 0. The zero-order chi connectivity index (χ0) is 18.5. The molecule has 0 aliphatic rings. The van der Waals surface area contributed by atoms with Crippen molar-refractivity contribution >= 4 is 23.0 Å². The van der Waals surface area contributed by atoms with Crippen molar-refractivity contribution in [3.63, 3.8) is 0 Å². The fourth-order valence-corrected chi connectivity index (χ4v) is 2.83. The molecule has 1 rings (SSSR count). The summed E-state index contributed by atoms with van der Waals surface area (Å²) in [4.78, 5) is 10.6. The van der Waals surface area contributed by atoms with Gasteiger partial charge in [-0.05, 0) is 45.4 Å². The van der Waals surface area contributed by atoms with E-state index in [9.17, 15) is 14.7 Å². The maximum absolute atomic E-state index is 12.4. The molecule has 1 aromatic carbocycles. The van der Waals surface area contributed by atoms with E-state index in [-0.39, 0.29) is 6.79 Å². The van der Waals surface area contributed by atoms with E-state index in [2.05, 4.69) is 4.72 Å². The van der Waals surface area contributed by atoms with Crippen LogP contribution in [0.2, 0.25) is 5.02 Å². The average molecular weight is 379 g/mol. The van der Waals surface area contributed by atoms with E-state index in [1.807, 2.05) is 0 Å². The van der Waals surface area contributed by atoms with Crippen LogP contribution in [-0.2, 0) is 16.1 Å². The van der Waals surface area contributed by atoms with Gasteiger partial charge in [0.2, 0.25) is 6.54 Å². The van der Waals surface area contributed by atoms with Crippen LogP contribution in [0, 0.1) is 17.0 Å². The molecule has 0 heterocycles. The fourth-order valence-electron chi connectivity index (χ4n) is 1.84. The second-order valence-corrected chi connectivity index (χ2v) is 8.66. The number of hydrogen-bond donors (Lipinski definition) is 1. The van der Waals surface area contributed by atoms with Gasteiger partial charge in [-0.1, -0.05) is 11.6 Å². The largest absolute Gasteiger partial charge is 0.598 e. The predicted molar refractivity (Wildman–Crippen MR) is 94.3 cm³/mol. The van der Waals surface area contributed by atoms with Crippen molar-refractivity contribution in [1.82, 2.24) is 4.72 Å². The Balaban J connectivity index is 3.24. The molecule has 0 aliphatic carbocycles. The molecule has 0 radical (unpaired) electrons. The van der Waals surface area contributed by atoms with Crippen LogP contribution in [-0.4, -0.2) is 34.7 Å². The normalized spacial score (nSPS) is 14.3. The summed E-state index contributed by atoms with van der Waals surface area (Å²) in [6, 6.07) is 2.47. The topological polar surface area (TPSA) is 96.7 Å². The molecule has 2 atom stereocenters. The minimum atomic E-state index is -1.49. The Morgan fingerprint density at radius 2 is 2.04 bits per heavy atom. The molecule has 0 bridgehead atoms. The number of methoxy groups -OCH3 is 1. The first-order valence-corrected chi connectivity index (χ1v) is 8.80. The Kier molecular flexibility index (Phi) is 7.75. The van der Waals surface area contributed by atoms with Crippen LogP contribution < -0.4 is 9.46 Å². The van der Waals surface area contributed by atoms with Gasteiger partial charge in [0, 0.05) is 34.0 Å². The number of benzene rings is 1. The summed E-state index contributed by atoms with van der Waals surface area (Å²) in [5, 5.41) is 11.5. The van der Waals surface area contributed by atoms with E-state index in [1.54, 1.807) is 39.8 Å². The lowest BCUT2D eigenvalue weighted by Gasteiger charge is -2.27. The van der Waals surface area contributed by atoms with Crippen LogP contribution in [0.5, 0.6) is 5.75 Å². The standard InChI is InChI=1S/C15H23ClN2O5S/c1-10-6-14(23-9-22-5)11(7-12(10)16)13(8-18(19)20)17-24(21)15(2,3)4/h6-7,13,17H,8-9H2,1-5H3. The Hall–Kier alpha value is -1.06. The van der Waals surface area contributed by atoms with E-state index in [0.29, 0.717) is 16.3 Å².